The quantitative estimate of drug-likeness (QED) is 0.643. The van der Waals surface area contributed by atoms with Crippen molar-refractivity contribution in [2.24, 2.45) is 0 Å². The second-order valence-electron chi connectivity index (χ2n) is 5.81. The van der Waals surface area contributed by atoms with Crippen molar-refractivity contribution in [3.8, 4) is 17.2 Å². The molecule has 0 radical (unpaired) electrons. The second-order valence-corrected chi connectivity index (χ2v) is 5.81. The van der Waals surface area contributed by atoms with E-state index in [1.165, 1.54) is 7.11 Å². The Kier molecular flexibility index (Phi) is 5.96. The third-order valence-corrected chi connectivity index (χ3v) is 4.01. The van der Waals surface area contributed by atoms with E-state index in [0.717, 1.165) is 17.1 Å². The van der Waals surface area contributed by atoms with E-state index in [9.17, 15) is 4.79 Å². The number of anilines is 3. The summed E-state index contributed by atoms with van der Waals surface area (Å²) in [5.74, 6) is 1.56. The number of pyridine rings is 1. The minimum absolute atomic E-state index is 0.286. The van der Waals surface area contributed by atoms with Crippen LogP contribution >= 0.6 is 0 Å². The first-order valence-electron chi connectivity index (χ1n) is 8.53. The molecule has 28 heavy (non-hydrogen) atoms. The predicted molar refractivity (Wildman–Crippen MR) is 108 cm³/mol. The van der Waals surface area contributed by atoms with Crippen molar-refractivity contribution >= 4 is 23.0 Å². The zero-order chi connectivity index (χ0) is 19.9. The normalized spacial score (nSPS) is 10.1. The van der Waals surface area contributed by atoms with Gasteiger partial charge in [0.25, 0.3) is 5.91 Å². The second kappa shape index (κ2) is 8.77. The fraction of sp³-hybridized carbons (Fsp3) is 0.143. The fourth-order valence-corrected chi connectivity index (χ4v) is 2.56. The molecule has 0 spiro atoms. The van der Waals surface area contributed by atoms with E-state index in [-0.39, 0.29) is 11.6 Å². The van der Waals surface area contributed by atoms with Crippen molar-refractivity contribution in [2.45, 2.75) is 0 Å². The molecule has 3 aromatic rings. The molecule has 1 heterocycles. The van der Waals surface area contributed by atoms with Gasteiger partial charge in [0.2, 0.25) is 0 Å². The van der Waals surface area contributed by atoms with Crippen molar-refractivity contribution < 1.29 is 19.0 Å². The van der Waals surface area contributed by atoms with Gasteiger partial charge in [-0.2, -0.15) is 0 Å². The molecule has 0 atom stereocenters. The number of nitrogens with one attached hydrogen (secondary N) is 2. The van der Waals surface area contributed by atoms with Crippen molar-refractivity contribution in [3.05, 3.63) is 66.5 Å². The maximum atomic E-state index is 12.5. The van der Waals surface area contributed by atoms with Crippen LogP contribution in [0, 0.1) is 0 Å². The molecule has 7 nitrogen and oxygen atoms in total. The van der Waals surface area contributed by atoms with Crippen LogP contribution in [-0.2, 0) is 0 Å². The van der Waals surface area contributed by atoms with E-state index in [2.05, 4.69) is 15.6 Å². The molecule has 0 aliphatic heterocycles. The largest absolute Gasteiger partial charge is 0.497 e. The van der Waals surface area contributed by atoms with Crippen LogP contribution < -0.4 is 24.8 Å². The number of ether oxygens (including phenoxy) is 3. The number of aromatic nitrogens is 1. The molecule has 2 N–H and O–H groups in total. The van der Waals surface area contributed by atoms with Crippen molar-refractivity contribution in [3.63, 3.8) is 0 Å². The van der Waals surface area contributed by atoms with E-state index in [4.69, 9.17) is 14.2 Å². The standard InChI is InChI=1S/C21H21N3O4/c1-26-16-6-4-5-14(11-16)23-15-7-9-19(22-13-15)21(25)24-18-10-8-17(27-2)12-20(18)28-3/h4-13,23H,1-3H3,(H,24,25). The third-order valence-electron chi connectivity index (χ3n) is 4.01. The van der Waals surface area contributed by atoms with Crippen LogP contribution in [0.3, 0.4) is 0 Å². The average molecular weight is 379 g/mol. The molecule has 144 valence electrons. The summed E-state index contributed by atoms with van der Waals surface area (Å²) in [4.78, 5) is 16.7. The summed E-state index contributed by atoms with van der Waals surface area (Å²) in [6, 6.07) is 16.1. The first-order chi connectivity index (χ1) is 13.6. The average Bonchev–Trinajstić information content (AvgIpc) is 2.74. The highest BCUT2D eigenvalue weighted by Gasteiger charge is 2.12. The molecule has 0 saturated carbocycles. The number of rotatable bonds is 7. The molecule has 0 unspecified atom stereocenters. The lowest BCUT2D eigenvalue weighted by atomic mass is 10.2. The number of hydrogen-bond donors (Lipinski definition) is 2. The number of hydrogen-bond acceptors (Lipinski definition) is 6. The number of carbonyl (C=O) groups is 1. The minimum atomic E-state index is -0.337. The number of benzene rings is 2. The maximum absolute atomic E-state index is 12.5. The smallest absolute Gasteiger partial charge is 0.274 e. The molecule has 0 aliphatic rings. The topological polar surface area (TPSA) is 81.7 Å². The van der Waals surface area contributed by atoms with E-state index in [1.807, 2.05) is 24.3 Å². The lowest BCUT2D eigenvalue weighted by Crippen LogP contribution is -2.14. The summed E-state index contributed by atoms with van der Waals surface area (Å²) in [7, 11) is 4.71. The van der Waals surface area contributed by atoms with Gasteiger partial charge in [-0.15, -0.1) is 0 Å². The molecule has 1 amide bonds. The highest BCUT2D eigenvalue weighted by molar-refractivity contribution is 6.03. The molecule has 0 saturated heterocycles. The SMILES string of the molecule is COc1cccc(Nc2ccc(C(=O)Nc3ccc(OC)cc3OC)nc2)c1. The van der Waals surface area contributed by atoms with E-state index in [0.29, 0.717) is 17.2 Å². The van der Waals surface area contributed by atoms with Crippen LogP contribution in [0.15, 0.2) is 60.8 Å². The Hall–Kier alpha value is -3.74. The van der Waals surface area contributed by atoms with Crippen LogP contribution in [0.1, 0.15) is 10.5 Å². The Morgan fingerprint density at radius 3 is 2.32 bits per heavy atom. The molecule has 2 aromatic carbocycles. The molecular formula is C21H21N3O4. The summed E-state index contributed by atoms with van der Waals surface area (Å²) >= 11 is 0. The Morgan fingerprint density at radius 1 is 0.857 bits per heavy atom. The highest BCUT2D eigenvalue weighted by atomic mass is 16.5. The fourth-order valence-electron chi connectivity index (χ4n) is 2.56. The summed E-state index contributed by atoms with van der Waals surface area (Å²) < 4.78 is 15.7. The van der Waals surface area contributed by atoms with Crippen LogP contribution in [0.2, 0.25) is 0 Å². The predicted octanol–water partition coefficient (Wildman–Crippen LogP) is 4.10. The molecule has 0 fully saturated rings. The van der Waals surface area contributed by atoms with Crippen molar-refractivity contribution in [2.75, 3.05) is 32.0 Å². The van der Waals surface area contributed by atoms with E-state index in [1.54, 1.807) is 50.7 Å². The monoisotopic (exact) mass is 379 g/mol. The summed E-state index contributed by atoms with van der Waals surface area (Å²) in [6.45, 7) is 0. The third kappa shape index (κ3) is 4.50. The van der Waals surface area contributed by atoms with Gasteiger partial charge in [-0.05, 0) is 36.4 Å². The number of methoxy groups -OCH3 is 3. The zero-order valence-corrected chi connectivity index (χ0v) is 15.9. The molecule has 7 heteroatoms. The summed E-state index contributed by atoms with van der Waals surface area (Å²) in [5, 5.41) is 6.01. The Bertz CT molecular complexity index is 958. The Morgan fingerprint density at radius 2 is 1.64 bits per heavy atom. The van der Waals surface area contributed by atoms with Gasteiger partial charge in [0.05, 0.1) is 38.9 Å². The molecule has 1 aromatic heterocycles. The van der Waals surface area contributed by atoms with Crippen LogP contribution in [-0.4, -0.2) is 32.2 Å². The van der Waals surface area contributed by atoms with E-state index < -0.39 is 0 Å². The lowest BCUT2D eigenvalue weighted by molar-refractivity contribution is 0.102. The van der Waals surface area contributed by atoms with Crippen molar-refractivity contribution in [1.29, 1.82) is 0 Å². The van der Waals surface area contributed by atoms with Gasteiger partial charge in [-0.1, -0.05) is 6.07 Å². The molecule has 3 rings (SSSR count). The highest BCUT2D eigenvalue weighted by Crippen LogP contribution is 2.29. The Balaban J connectivity index is 1.70. The van der Waals surface area contributed by atoms with Crippen molar-refractivity contribution in [1.82, 2.24) is 4.98 Å². The van der Waals surface area contributed by atoms with Gasteiger partial charge in [0.15, 0.2) is 0 Å². The molecular weight excluding hydrogens is 358 g/mol. The van der Waals surface area contributed by atoms with Gasteiger partial charge in [0, 0.05) is 17.8 Å². The molecule has 0 aliphatic carbocycles. The number of carbonyl (C=O) groups excluding carboxylic acids is 1. The van der Waals surface area contributed by atoms with Crippen LogP contribution in [0.5, 0.6) is 17.2 Å². The summed E-state index contributed by atoms with van der Waals surface area (Å²) in [5.41, 5.74) is 2.44. The van der Waals surface area contributed by atoms with Gasteiger partial charge >= 0.3 is 0 Å². The molecule has 0 bridgehead atoms. The zero-order valence-electron chi connectivity index (χ0n) is 15.9. The first kappa shape index (κ1) is 19.0. The Labute approximate surface area is 163 Å². The van der Waals surface area contributed by atoms with Gasteiger partial charge in [0.1, 0.15) is 22.9 Å². The van der Waals surface area contributed by atoms with Gasteiger partial charge in [-0.3, -0.25) is 4.79 Å². The lowest BCUT2D eigenvalue weighted by Gasteiger charge is -2.12. The number of nitrogens with zero attached hydrogens (tertiary/aromatic N) is 1. The number of amides is 1. The van der Waals surface area contributed by atoms with Crippen LogP contribution in [0.4, 0.5) is 17.1 Å². The maximum Gasteiger partial charge on any atom is 0.274 e. The van der Waals surface area contributed by atoms with Gasteiger partial charge < -0.3 is 24.8 Å². The van der Waals surface area contributed by atoms with Crippen LogP contribution in [0.25, 0.3) is 0 Å². The van der Waals surface area contributed by atoms with E-state index >= 15 is 0 Å². The summed E-state index contributed by atoms with van der Waals surface area (Å²) in [6.07, 6.45) is 1.60. The minimum Gasteiger partial charge on any atom is -0.497 e. The van der Waals surface area contributed by atoms with Gasteiger partial charge in [-0.25, -0.2) is 4.98 Å². The first-order valence-corrected chi connectivity index (χ1v) is 8.53.